The predicted molar refractivity (Wildman–Crippen MR) is 72.5 cm³/mol. The molecule has 1 aliphatic heterocycles. The molecule has 1 unspecified atom stereocenters. The maximum absolute atomic E-state index is 12.2. The van der Waals surface area contributed by atoms with Gasteiger partial charge in [0.05, 0.1) is 6.61 Å². The molecular weight excluding hydrogens is 244 g/mol. The third kappa shape index (κ3) is 3.00. The van der Waals surface area contributed by atoms with Crippen molar-refractivity contribution in [3.05, 3.63) is 29.8 Å². The normalized spacial score (nSPS) is 19.6. The summed E-state index contributed by atoms with van der Waals surface area (Å²) in [6, 6.07) is 7.09. The fraction of sp³-hybridized carbons (Fsp3) is 0.429. The van der Waals surface area contributed by atoms with Crippen LogP contribution in [0.15, 0.2) is 24.3 Å². The van der Waals surface area contributed by atoms with E-state index < -0.39 is 6.10 Å². The van der Waals surface area contributed by atoms with Crippen LogP contribution in [0.2, 0.25) is 0 Å². The van der Waals surface area contributed by atoms with Crippen molar-refractivity contribution < 1.29 is 14.3 Å². The predicted octanol–water partition coefficient (Wildman–Crippen LogP) is 0.840. The maximum atomic E-state index is 12.2. The number of hydrogen-bond donors (Lipinski definition) is 1. The van der Waals surface area contributed by atoms with E-state index in [-0.39, 0.29) is 11.7 Å². The minimum Gasteiger partial charge on any atom is -0.365 e. The lowest BCUT2D eigenvalue weighted by atomic mass is 10.1. The van der Waals surface area contributed by atoms with E-state index >= 15 is 0 Å². The van der Waals surface area contributed by atoms with Crippen molar-refractivity contribution >= 4 is 17.4 Å². The molecular formula is C14H18N2O3. The van der Waals surface area contributed by atoms with Crippen molar-refractivity contribution in [3.8, 4) is 0 Å². The molecule has 0 spiro atoms. The molecule has 0 radical (unpaired) electrons. The van der Waals surface area contributed by atoms with Crippen molar-refractivity contribution in [2.24, 2.45) is 0 Å². The molecule has 2 rings (SSSR count). The smallest absolute Gasteiger partial charge is 0.257 e. The number of nitrogens with one attached hydrogen (secondary N) is 1. The van der Waals surface area contributed by atoms with Crippen molar-refractivity contribution in [2.75, 3.05) is 31.6 Å². The molecule has 0 aromatic heterocycles. The number of morpholine rings is 1. The summed E-state index contributed by atoms with van der Waals surface area (Å²) in [4.78, 5) is 25.2. The number of rotatable bonds is 4. The van der Waals surface area contributed by atoms with Crippen molar-refractivity contribution in [1.29, 1.82) is 0 Å². The molecule has 0 saturated carbocycles. The first-order valence-corrected chi connectivity index (χ1v) is 6.32. The number of amides is 1. The van der Waals surface area contributed by atoms with E-state index in [1.54, 1.807) is 36.2 Å². The molecule has 1 amide bonds. The third-order valence-corrected chi connectivity index (χ3v) is 3.15. The largest absolute Gasteiger partial charge is 0.365 e. The second-order valence-corrected chi connectivity index (χ2v) is 4.51. The lowest BCUT2D eigenvalue weighted by molar-refractivity contribution is -0.133. The van der Waals surface area contributed by atoms with Gasteiger partial charge in [0.1, 0.15) is 6.10 Å². The van der Waals surface area contributed by atoms with Crippen LogP contribution < -0.4 is 10.2 Å². The van der Waals surface area contributed by atoms with Crippen molar-refractivity contribution in [2.45, 2.75) is 13.0 Å². The number of benzene rings is 1. The molecule has 1 aliphatic rings. The second kappa shape index (κ2) is 5.95. The number of nitrogens with zero attached hydrogens (tertiary/aromatic N) is 1. The van der Waals surface area contributed by atoms with Gasteiger partial charge >= 0.3 is 0 Å². The summed E-state index contributed by atoms with van der Waals surface area (Å²) in [6.07, 6.45) is -0.439. The van der Waals surface area contributed by atoms with Crippen LogP contribution in [-0.4, -0.2) is 44.5 Å². The lowest BCUT2D eigenvalue weighted by Crippen LogP contribution is -2.51. The Morgan fingerprint density at radius 3 is 2.68 bits per heavy atom. The zero-order valence-electron chi connectivity index (χ0n) is 11.2. The Balaban J connectivity index is 2.16. The van der Waals surface area contributed by atoms with E-state index in [4.69, 9.17) is 4.74 Å². The quantitative estimate of drug-likeness (QED) is 0.817. The van der Waals surface area contributed by atoms with Gasteiger partial charge < -0.3 is 15.0 Å². The zero-order valence-corrected chi connectivity index (χ0v) is 11.2. The molecule has 1 heterocycles. The van der Waals surface area contributed by atoms with Crippen molar-refractivity contribution in [1.82, 2.24) is 5.32 Å². The molecule has 0 bridgehead atoms. The van der Waals surface area contributed by atoms with Crippen LogP contribution in [0.3, 0.4) is 0 Å². The molecule has 102 valence electrons. The molecule has 1 N–H and O–H groups in total. The SMILES string of the molecule is CNCC1OCCN(c2ccc(C(C)=O)cc2)C1=O. The highest BCUT2D eigenvalue weighted by molar-refractivity contribution is 5.98. The summed E-state index contributed by atoms with van der Waals surface area (Å²) < 4.78 is 5.44. The first-order chi connectivity index (χ1) is 9.13. The Bertz CT molecular complexity index is 468. The Morgan fingerprint density at radius 1 is 1.42 bits per heavy atom. The van der Waals surface area contributed by atoms with E-state index in [0.717, 1.165) is 5.69 Å². The Morgan fingerprint density at radius 2 is 2.11 bits per heavy atom. The molecule has 5 heteroatoms. The molecule has 1 atom stereocenters. The zero-order chi connectivity index (χ0) is 13.8. The van der Waals surface area contributed by atoms with Gasteiger partial charge in [-0.2, -0.15) is 0 Å². The van der Waals surface area contributed by atoms with Crippen LogP contribution in [0, 0.1) is 0 Å². The van der Waals surface area contributed by atoms with Gasteiger partial charge in [0, 0.05) is 24.3 Å². The summed E-state index contributed by atoms with van der Waals surface area (Å²) in [7, 11) is 1.79. The summed E-state index contributed by atoms with van der Waals surface area (Å²) >= 11 is 0. The first-order valence-electron chi connectivity index (χ1n) is 6.32. The van der Waals surface area contributed by atoms with Crippen LogP contribution in [0.25, 0.3) is 0 Å². The van der Waals surface area contributed by atoms with Gasteiger partial charge in [0.15, 0.2) is 5.78 Å². The minimum absolute atomic E-state index is 0.0212. The van der Waals surface area contributed by atoms with Crippen LogP contribution in [0.4, 0.5) is 5.69 Å². The minimum atomic E-state index is -0.439. The van der Waals surface area contributed by atoms with E-state index in [0.29, 0.717) is 25.3 Å². The first kappa shape index (κ1) is 13.7. The van der Waals surface area contributed by atoms with Crippen LogP contribution in [-0.2, 0) is 9.53 Å². The number of carbonyl (C=O) groups excluding carboxylic acids is 2. The number of anilines is 1. The average molecular weight is 262 g/mol. The number of Topliss-reactive ketones (excluding diaryl/α,β-unsaturated/α-hetero) is 1. The highest BCUT2D eigenvalue weighted by Crippen LogP contribution is 2.19. The Hall–Kier alpha value is -1.72. The topological polar surface area (TPSA) is 58.6 Å². The molecule has 0 aliphatic carbocycles. The van der Waals surface area contributed by atoms with Gasteiger partial charge in [-0.3, -0.25) is 9.59 Å². The number of ether oxygens (including phenoxy) is 1. The van der Waals surface area contributed by atoms with E-state index in [1.807, 2.05) is 0 Å². The van der Waals surface area contributed by atoms with Crippen LogP contribution in [0.5, 0.6) is 0 Å². The summed E-state index contributed by atoms with van der Waals surface area (Å²) in [5.74, 6) is -0.0240. The van der Waals surface area contributed by atoms with Crippen LogP contribution in [0.1, 0.15) is 17.3 Å². The molecule has 1 aromatic rings. The summed E-state index contributed by atoms with van der Waals surface area (Å²) in [6.45, 7) is 3.09. The Labute approximate surface area is 112 Å². The summed E-state index contributed by atoms with van der Waals surface area (Å²) in [5, 5.41) is 2.95. The second-order valence-electron chi connectivity index (χ2n) is 4.51. The Kier molecular flexibility index (Phi) is 4.29. The fourth-order valence-corrected chi connectivity index (χ4v) is 2.11. The van der Waals surface area contributed by atoms with Gasteiger partial charge in [-0.05, 0) is 38.2 Å². The van der Waals surface area contributed by atoms with Gasteiger partial charge in [-0.1, -0.05) is 0 Å². The van der Waals surface area contributed by atoms with Crippen LogP contribution >= 0.6 is 0 Å². The van der Waals surface area contributed by atoms with Gasteiger partial charge in [-0.25, -0.2) is 0 Å². The van der Waals surface area contributed by atoms with E-state index in [1.165, 1.54) is 6.92 Å². The fourth-order valence-electron chi connectivity index (χ4n) is 2.11. The molecule has 1 fully saturated rings. The highest BCUT2D eigenvalue weighted by atomic mass is 16.5. The standard InChI is InChI=1S/C14H18N2O3/c1-10(17)11-3-5-12(6-4-11)16-7-8-19-13(9-15-2)14(16)18/h3-6,13,15H,7-9H2,1-2H3. The maximum Gasteiger partial charge on any atom is 0.257 e. The van der Waals surface area contributed by atoms with E-state index in [9.17, 15) is 9.59 Å². The average Bonchev–Trinajstić information content (AvgIpc) is 2.41. The summed E-state index contributed by atoms with van der Waals surface area (Å²) in [5.41, 5.74) is 1.45. The molecule has 1 aromatic carbocycles. The number of likely N-dealkylation sites (N-methyl/N-ethyl adjacent to an activating group) is 1. The molecule has 5 nitrogen and oxygen atoms in total. The van der Waals surface area contributed by atoms with Gasteiger partial charge in [-0.15, -0.1) is 0 Å². The number of carbonyl (C=O) groups is 2. The van der Waals surface area contributed by atoms with Crippen molar-refractivity contribution in [3.63, 3.8) is 0 Å². The van der Waals surface area contributed by atoms with Gasteiger partial charge in [0.25, 0.3) is 5.91 Å². The lowest BCUT2D eigenvalue weighted by Gasteiger charge is -2.32. The monoisotopic (exact) mass is 262 g/mol. The number of hydrogen-bond acceptors (Lipinski definition) is 4. The third-order valence-electron chi connectivity index (χ3n) is 3.15. The molecule has 19 heavy (non-hydrogen) atoms. The number of ketones is 1. The van der Waals surface area contributed by atoms with E-state index in [2.05, 4.69) is 5.32 Å². The highest BCUT2D eigenvalue weighted by Gasteiger charge is 2.29. The molecule has 1 saturated heterocycles. The van der Waals surface area contributed by atoms with Gasteiger partial charge in [0.2, 0.25) is 0 Å².